The SMILES string of the molecule is CCNc1nc(C(=O)OCC)cc2ccc3c4ccccc4n(C)c3c12. The number of nitrogens with zero attached hydrogens (tertiary/aromatic N) is 2. The third-order valence-electron chi connectivity index (χ3n) is 4.69. The summed E-state index contributed by atoms with van der Waals surface area (Å²) in [5.41, 5.74) is 2.61. The molecule has 1 N–H and O–H groups in total. The van der Waals surface area contributed by atoms with E-state index in [4.69, 9.17) is 4.74 Å². The van der Waals surface area contributed by atoms with Crippen LogP contribution < -0.4 is 5.32 Å². The summed E-state index contributed by atoms with van der Waals surface area (Å²) in [5.74, 6) is 0.315. The Morgan fingerprint density at radius 3 is 2.73 bits per heavy atom. The first-order chi connectivity index (χ1) is 12.7. The van der Waals surface area contributed by atoms with Crippen molar-refractivity contribution in [3.8, 4) is 0 Å². The molecule has 0 spiro atoms. The van der Waals surface area contributed by atoms with Gasteiger partial charge < -0.3 is 14.6 Å². The summed E-state index contributed by atoms with van der Waals surface area (Å²) in [4.78, 5) is 16.8. The zero-order chi connectivity index (χ0) is 18.3. The number of benzene rings is 2. The number of anilines is 1. The number of carbonyl (C=O) groups is 1. The fourth-order valence-corrected chi connectivity index (χ4v) is 3.62. The average molecular weight is 347 g/mol. The lowest BCUT2D eigenvalue weighted by atomic mass is 10.1. The van der Waals surface area contributed by atoms with Crippen molar-refractivity contribution < 1.29 is 9.53 Å². The van der Waals surface area contributed by atoms with Crippen LogP contribution in [0.5, 0.6) is 0 Å². The lowest BCUT2D eigenvalue weighted by Gasteiger charge is -2.12. The van der Waals surface area contributed by atoms with E-state index in [-0.39, 0.29) is 0 Å². The van der Waals surface area contributed by atoms with Crippen LogP contribution in [0, 0.1) is 0 Å². The minimum absolute atomic E-state index is 0.327. The monoisotopic (exact) mass is 347 g/mol. The number of pyridine rings is 1. The predicted octanol–water partition coefficient (Wildman–Crippen LogP) is 4.49. The van der Waals surface area contributed by atoms with Crippen LogP contribution in [0.4, 0.5) is 5.82 Å². The van der Waals surface area contributed by atoms with Gasteiger partial charge in [0, 0.05) is 35.3 Å². The van der Waals surface area contributed by atoms with E-state index < -0.39 is 5.97 Å². The van der Waals surface area contributed by atoms with E-state index in [1.807, 2.05) is 19.1 Å². The highest BCUT2D eigenvalue weighted by molar-refractivity contribution is 6.20. The van der Waals surface area contributed by atoms with Gasteiger partial charge in [-0.2, -0.15) is 0 Å². The van der Waals surface area contributed by atoms with Gasteiger partial charge in [-0.05, 0) is 31.4 Å². The van der Waals surface area contributed by atoms with Gasteiger partial charge in [-0.3, -0.25) is 0 Å². The first-order valence-corrected chi connectivity index (χ1v) is 8.87. The molecule has 4 aromatic rings. The van der Waals surface area contributed by atoms with Crippen LogP contribution >= 0.6 is 0 Å². The van der Waals surface area contributed by atoms with Gasteiger partial charge in [0.05, 0.1) is 12.1 Å². The minimum Gasteiger partial charge on any atom is -0.461 e. The summed E-state index contributed by atoms with van der Waals surface area (Å²) < 4.78 is 7.33. The number of nitrogens with one attached hydrogen (secondary N) is 1. The maximum Gasteiger partial charge on any atom is 0.357 e. The van der Waals surface area contributed by atoms with E-state index in [0.29, 0.717) is 24.7 Å². The Morgan fingerprint density at radius 2 is 1.96 bits per heavy atom. The minimum atomic E-state index is -0.398. The number of aryl methyl sites for hydroxylation is 1. The highest BCUT2D eigenvalue weighted by atomic mass is 16.5. The van der Waals surface area contributed by atoms with Gasteiger partial charge in [-0.25, -0.2) is 9.78 Å². The molecule has 4 rings (SSSR count). The number of aromatic nitrogens is 2. The highest BCUT2D eigenvalue weighted by Gasteiger charge is 2.18. The van der Waals surface area contributed by atoms with Crippen LogP contribution in [0.3, 0.4) is 0 Å². The topological polar surface area (TPSA) is 56.1 Å². The Hall–Kier alpha value is -3.08. The molecule has 5 nitrogen and oxygen atoms in total. The molecule has 0 atom stereocenters. The molecule has 2 heterocycles. The highest BCUT2D eigenvalue weighted by Crippen LogP contribution is 2.36. The maximum atomic E-state index is 12.2. The van der Waals surface area contributed by atoms with Gasteiger partial charge >= 0.3 is 5.97 Å². The lowest BCUT2D eigenvalue weighted by molar-refractivity contribution is 0.0520. The van der Waals surface area contributed by atoms with Crippen molar-refractivity contribution in [2.45, 2.75) is 13.8 Å². The number of esters is 1. The first-order valence-electron chi connectivity index (χ1n) is 8.87. The van der Waals surface area contributed by atoms with Crippen molar-refractivity contribution in [2.24, 2.45) is 7.05 Å². The van der Waals surface area contributed by atoms with E-state index in [1.165, 1.54) is 16.3 Å². The standard InChI is InChI=1S/C21H21N3O2/c1-4-22-20-18-13(12-16(23-20)21(25)26-5-2)10-11-15-14-8-6-7-9-17(14)24(3)19(15)18/h6-12H,4-5H2,1-3H3,(H,22,23). The summed E-state index contributed by atoms with van der Waals surface area (Å²) in [6.07, 6.45) is 0. The Bertz CT molecular complexity index is 1140. The van der Waals surface area contributed by atoms with Crippen molar-refractivity contribution in [3.63, 3.8) is 0 Å². The molecule has 2 aromatic heterocycles. The summed E-state index contributed by atoms with van der Waals surface area (Å²) in [5, 5.41) is 7.71. The Labute approximate surface area is 151 Å². The third-order valence-corrected chi connectivity index (χ3v) is 4.69. The molecule has 0 aliphatic carbocycles. The van der Waals surface area contributed by atoms with Crippen LogP contribution in [-0.4, -0.2) is 28.7 Å². The number of para-hydroxylation sites is 1. The quantitative estimate of drug-likeness (QED) is 0.553. The van der Waals surface area contributed by atoms with Gasteiger partial charge in [-0.1, -0.05) is 30.3 Å². The molecule has 0 bridgehead atoms. The fraction of sp³-hybridized carbons (Fsp3) is 0.238. The molecule has 0 saturated heterocycles. The van der Waals surface area contributed by atoms with Crippen molar-refractivity contribution >= 4 is 44.4 Å². The molecular weight excluding hydrogens is 326 g/mol. The summed E-state index contributed by atoms with van der Waals surface area (Å²) in [6.45, 7) is 4.86. The molecule has 0 unspecified atom stereocenters. The fourth-order valence-electron chi connectivity index (χ4n) is 3.62. The summed E-state index contributed by atoms with van der Waals surface area (Å²) >= 11 is 0. The van der Waals surface area contributed by atoms with Crippen LogP contribution in [-0.2, 0) is 11.8 Å². The molecule has 0 saturated carbocycles. The molecule has 5 heteroatoms. The van der Waals surface area contributed by atoms with Gasteiger partial charge in [0.25, 0.3) is 0 Å². The zero-order valence-corrected chi connectivity index (χ0v) is 15.2. The normalized spacial score (nSPS) is 11.3. The van der Waals surface area contributed by atoms with Crippen molar-refractivity contribution in [3.05, 3.63) is 48.2 Å². The van der Waals surface area contributed by atoms with Gasteiger partial charge in [0.2, 0.25) is 0 Å². The van der Waals surface area contributed by atoms with Crippen molar-refractivity contribution in [1.29, 1.82) is 0 Å². The number of hydrogen-bond donors (Lipinski definition) is 1. The lowest BCUT2D eigenvalue weighted by Crippen LogP contribution is -2.10. The predicted molar refractivity (Wildman–Crippen MR) is 106 cm³/mol. The zero-order valence-electron chi connectivity index (χ0n) is 15.2. The maximum absolute atomic E-state index is 12.2. The molecule has 0 aliphatic heterocycles. The molecule has 0 fully saturated rings. The van der Waals surface area contributed by atoms with E-state index in [9.17, 15) is 4.79 Å². The van der Waals surface area contributed by atoms with E-state index in [1.54, 1.807) is 6.92 Å². The summed E-state index contributed by atoms with van der Waals surface area (Å²) in [7, 11) is 2.07. The number of fused-ring (bicyclic) bond motifs is 5. The van der Waals surface area contributed by atoms with Gasteiger partial charge in [0.15, 0.2) is 5.69 Å². The number of carbonyl (C=O) groups excluding carboxylic acids is 1. The molecule has 0 radical (unpaired) electrons. The smallest absolute Gasteiger partial charge is 0.357 e. The molecule has 132 valence electrons. The van der Waals surface area contributed by atoms with Gasteiger partial charge in [0.1, 0.15) is 5.82 Å². The average Bonchev–Trinajstić information content (AvgIpc) is 2.95. The van der Waals surface area contributed by atoms with Crippen LogP contribution in [0.25, 0.3) is 32.6 Å². The molecule has 2 aromatic carbocycles. The largest absolute Gasteiger partial charge is 0.461 e. The van der Waals surface area contributed by atoms with Crippen LogP contribution in [0.1, 0.15) is 24.3 Å². The molecule has 0 aliphatic rings. The second-order valence-electron chi connectivity index (χ2n) is 6.24. The van der Waals surface area contributed by atoms with E-state index in [0.717, 1.165) is 16.3 Å². The summed E-state index contributed by atoms with van der Waals surface area (Å²) in [6, 6.07) is 14.3. The number of ether oxygens (including phenoxy) is 1. The second-order valence-corrected chi connectivity index (χ2v) is 6.24. The van der Waals surface area contributed by atoms with Crippen molar-refractivity contribution in [1.82, 2.24) is 9.55 Å². The van der Waals surface area contributed by atoms with E-state index in [2.05, 4.69) is 52.2 Å². The molecule has 26 heavy (non-hydrogen) atoms. The number of rotatable bonds is 4. The number of hydrogen-bond acceptors (Lipinski definition) is 4. The van der Waals surface area contributed by atoms with Crippen molar-refractivity contribution in [2.75, 3.05) is 18.5 Å². The molecular formula is C21H21N3O2. The Kier molecular flexibility index (Phi) is 3.99. The van der Waals surface area contributed by atoms with Gasteiger partial charge in [-0.15, -0.1) is 0 Å². The second kappa shape index (κ2) is 6.33. The third kappa shape index (κ3) is 2.39. The Balaban J connectivity index is 2.11. The van der Waals surface area contributed by atoms with Crippen LogP contribution in [0.2, 0.25) is 0 Å². The molecule has 0 amide bonds. The van der Waals surface area contributed by atoms with E-state index >= 15 is 0 Å². The first kappa shape index (κ1) is 16.4. The Morgan fingerprint density at radius 1 is 1.15 bits per heavy atom. The van der Waals surface area contributed by atoms with Crippen LogP contribution in [0.15, 0.2) is 42.5 Å².